The summed E-state index contributed by atoms with van der Waals surface area (Å²) >= 11 is 2.01. The van der Waals surface area contributed by atoms with Gasteiger partial charge in [-0.15, -0.1) is 0 Å². The van der Waals surface area contributed by atoms with Gasteiger partial charge in [0, 0.05) is 5.28 Å². The van der Waals surface area contributed by atoms with Crippen LogP contribution in [0.4, 0.5) is 0 Å². The van der Waals surface area contributed by atoms with E-state index in [1.807, 2.05) is 29.8 Å². The first-order chi connectivity index (χ1) is 3.30. The molecule has 7 heavy (non-hydrogen) atoms. The average Bonchev–Trinajstić information content (AvgIpc) is 1.91. The van der Waals surface area contributed by atoms with Crippen LogP contribution in [0.15, 0.2) is 10.5 Å². The van der Waals surface area contributed by atoms with Crippen LogP contribution in [0.1, 0.15) is 6.92 Å². The van der Waals surface area contributed by atoms with Gasteiger partial charge >= 0.3 is 0 Å². The van der Waals surface area contributed by atoms with Crippen molar-refractivity contribution >= 4 is 22.9 Å². The highest BCUT2D eigenvalue weighted by Gasteiger charge is 2.14. The quantitative estimate of drug-likeness (QED) is 0.449. The van der Waals surface area contributed by atoms with Gasteiger partial charge in [-0.3, -0.25) is 0 Å². The maximum absolute atomic E-state index is 4.64. The lowest BCUT2D eigenvalue weighted by Gasteiger charge is -2.03. The van der Waals surface area contributed by atoms with Gasteiger partial charge < -0.3 is 4.84 Å². The van der Waals surface area contributed by atoms with Gasteiger partial charge in [0.25, 0.3) is 0 Å². The maximum atomic E-state index is 4.64. The van der Waals surface area contributed by atoms with Crippen LogP contribution in [0.5, 0.6) is 0 Å². The summed E-state index contributed by atoms with van der Waals surface area (Å²) in [6.07, 6.45) is 0.000556. The number of halogens is 1. The molecule has 1 aliphatic rings. The van der Waals surface area contributed by atoms with E-state index in [1.54, 1.807) is 3.22 Å². The number of rotatable bonds is 0. The molecule has 1 aliphatic heterocycles. The van der Waals surface area contributed by atoms with E-state index in [1.165, 1.54) is 0 Å². The first kappa shape index (κ1) is 5.07. The number of hydrogen-bond donors (Lipinski definition) is 0. The SMILES string of the molecule is CC1ON=NN1I. The molecule has 1 atom stereocenters. The Hall–Kier alpha value is -0.0700. The van der Waals surface area contributed by atoms with Crippen molar-refractivity contribution in [2.45, 2.75) is 13.2 Å². The Kier molecular flexibility index (Phi) is 1.31. The minimum Gasteiger partial charge on any atom is -0.350 e. The summed E-state index contributed by atoms with van der Waals surface area (Å²) in [6, 6.07) is 0. The molecule has 0 bridgehead atoms. The van der Waals surface area contributed by atoms with Crippen LogP contribution >= 0.6 is 22.9 Å². The lowest BCUT2D eigenvalue weighted by Crippen LogP contribution is -2.12. The summed E-state index contributed by atoms with van der Waals surface area (Å²) in [6.45, 7) is 1.87. The molecule has 0 N–H and O–H groups in total. The van der Waals surface area contributed by atoms with Crippen molar-refractivity contribution in [1.29, 1.82) is 0 Å². The van der Waals surface area contributed by atoms with Crippen molar-refractivity contribution in [2.24, 2.45) is 10.5 Å². The smallest absolute Gasteiger partial charge is 0.224 e. The minimum absolute atomic E-state index is 0.000556. The molecule has 0 aromatic carbocycles. The van der Waals surface area contributed by atoms with Crippen LogP contribution < -0.4 is 0 Å². The number of hydrogen-bond acceptors (Lipinski definition) is 4. The van der Waals surface area contributed by atoms with Gasteiger partial charge in [0.2, 0.25) is 6.23 Å². The summed E-state index contributed by atoms with van der Waals surface area (Å²) in [5.74, 6) is 0. The second-order valence-electron chi connectivity index (χ2n) is 1.16. The molecule has 0 spiro atoms. The molecule has 0 aromatic heterocycles. The summed E-state index contributed by atoms with van der Waals surface area (Å²) < 4.78 is 1.61. The molecule has 0 amide bonds. The first-order valence-electron chi connectivity index (χ1n) is 1.82. The van der Waals surface area contributed by atoms with Gasteiger partial charge in [-0.25, -0.2) is 0 Å². The van der Waals surface area contributed by atoms with Gasteiger partial charge in [-0.05, 0) is 12.1 Å². The Labute approximate surface area is 55.0 Å². The van der Waals surface area contributed by atoms with E-state index < -0.39 is 0 Å². The Balaban J connectivity index is 2.45. The fourth-order valence-electron chi connectivity index (χ4n) is 0.236. The summed E-state index contributed by atoms with van der Waals surface area (Å²) in [7, 11) is 0. The van der Waals surface area contributed by atoms with Crippen molar-refractivity contribution in [2.75, 3.05) is 0 Å². The molecule has 0 saturated heterocycles. The molecule has 1 unspecified atom stereocenters. The number of nitrogens with zero attached hydrogens (tertiary/aromatic N) is 3. The molecule has 4 nitrogen and oxygen atoms in total. The van der Waals surface area contributed by atoms with Gasteiger partial charge in [0.1, 0.15) is 0 Å². The van der Waals surface area contributed by atoms with Gasteiger partial charge in [0.15, 0.2) is 0 Å². The minimum atomic E-state index is 0.000556. The summed E-state index contributed by atoms with van der Waals surface area (Å²) in [5.41, 5.74) is 0. The molecule has 0 aliphatic carbocycles. The fraction of sp³-hybridized carbons (Fsp3) is 1.00. The Bertz CT molecular complexity index is 94.9. The molecular weight excluding hydrogens is 209 g/mol. The normalized spacial score (nSPS) is 28.3. The van der Waals surface area contributed by atoms with Crippen LogP contribution in [0.3, 0.4) is 0 Å². The molecule has 0 fully saturated rings. The zero-order valence-corrected chi connectivity index (χ0v) is 5.86. The molecule has 0 saturated carbocycles. The van der Waals surface area contributed by atoms with Crippen LogP contribution in [-0.2, 0) is 4.84 Å². The van der Waals surface area contributed by atoms with Crippen LogP contribution in [-0.4, -0.2) is 9.45 Å². The third-order valence-electron chi connectivity index (χ3n) is 0.622. The van der Waals surface area contributed by atoms with Crippen LogP contribution in [0.2, 0.25) is 0 Å². The standard InChI is InChI=1S/C2H4IN3O/c1-2-6(3)4-5-7-2/h2H,1H3. The first-order valence-corrected chi connectivity index (χ1v) is 2.79. The monoisotopic (exact) mass is 213 g/mol. The predicted molar refractivity (Wildman–Crippen MR) is 31.3 cm³/mol. The van der Waals surface area contributed by atoms with E-state index in [2.05, 4.69) is 15.3 Å². The van der Waals surface area contributed by atoms with Crippen LogP contribution in [0, 0.1) is 0 Å². The topological polar surface area (TPSA) is 37.2 Å². The average molecular weight is 213 g/mol. The van der Waals surface area contributed by atoms with Crippen molar-refractivity contribution in [3.05, 3.63) is 0 Å². The van der Waals surface area contributed by atoms with Gasteiger partial charge in [-0.2, -0.15) is 3.22 Å². The third kappa shape index (κ3) is 0.929. The van der Waals surface area contributed by atoms with E-state index in [9.17, 15) is 0 Å². The summed E-state index contributed by atoms with van der Waals surface area (Å²) in [4.78, 5) is 4.64. The highest BCUT2D eigenvalue weighted by molar-refractivity contribution is 14.1. The molecule has 1 heterocycles. The van der Waals surface area contributed by atoms with Crippen molar-refractivity contribution < 1.29 is 4.84 Å². The highest BCUT2D eigenvalue weighted by Crippen LogP contribution is 2.14. The molecule has 1 rings (SSSR count). The maximum Gasteiger partial charge on any atom is 0.224 e. The van der Waals surface area contributed by atoms with Crippen LogP contribution in [0.25, 0.3) is 0 Å². The zero-order valence-electron chi connectivity index (χ0n) is 3.71. The Morgan fingerprint density at radius 3 is 2.71 bits per heavy atom. The van der Waals surface area contributed by atoms with E-state index in [0.29, 0.717) is 0 Å². The molecular formula is C2H4IN3O. The molecule has 0 aromatic rings. The predicted octanol–water partition coefficient (Wildman–Crippen LogP) is 1.30. The van der Waals surface area contributed by atoms with Crippen molar-refractivity contribution in [1.82, 2.24) is 3.22 Å². The Morgan fingerprint density at radius 2 is 2.57 bits per heavy atom. The van der Waals surface area contributed by atoms with E-state index in [0.717, 1.165) is 0 Å². The molecule has 40 valence electrons. The lowest BCUT2D eigenvalue weighted by atomic mass is 10.7. The molecule has 5 heteroatoms. The van der Waals surface area contributed by atoms with E-state index in [-0.39, 0.29) is 6.23 Å². The van der Waals surface area contributed by atoms with E-state index >= 15 is 0 Å². The highest BCUT2D eigenvalue weighted by atomic mass is 127. The fourth-order valence-corrected chi connectivity index (χ4v) is 0.416. The molecule has 0 radical (unpaired) electrons. The summed E-state index contributed by atoms with van der Waals surface area (Å²) in [5, 5.41) is 6.83. The van der Waals surface area contributed by atoms with Gasteiger partial charge in [0.05, 0.1) is 22.9 Å². The lowest BCUT2D eigenvalue weighted by molar-refractivity contribution is 0.0632. The van der Waals surface area contributed by atoms with E-state index in [4.69, 9.17) is 0 Å². The van der Waals surface area contributed by atoms with Gasteiger partial charge in [-0.1, -0.05) is 0 Å². The van der Waals surface area contributed by atoms with Crippen molar-refractivity contribution in [3.8, 4) is 0 Å². The van der Waals surface area contributed by atoms with Crippen molar-refractivity contribution in [3.63, 3.8) is 0 Å². The second-order valence-corrected chi connectivity index (χ2v) is 2.15. The largest absolute Gasteiger partial charge is 0.350 e. The zero-order chi connectivity index (χ0) is 5.28. The third-order valence-corrected chi connectivity index (χ3v) is 1.60. The Morgan fingerprint density at radius 1 is 1.86 bits per heavy atom. The second kappa shape index (κ2) is 1.81.